The summed E-state index contributed by atoms with van der Waals surface area (Å²) in [5.41, 5.74) is 2.22. The van der Waals surface area contributed by atoms with Gasteiger partial charge in [-0.3, -0.25) is 4.79 Å². The minimum atomic E-state index is -0.201. The molecule has 1 unspecified atom stereocenters. The van der Waals surface area contributed by atoms with E-state index >= 15 is 0 Å². The maximum absolute atomic E-state index is 12.7. The predicted molar refractivity (Wildman–Crippen MR) is 111 cm³/mol. The maximum atomic E-state index is 12.7. The fraction of sp³-hybridized carbons (Fsp3) is 0.227. The fourth-order valence-electron chi connectivity index (χ4n) is 3.07. The molecule has 0 radical (unpaired) electrons. The lowest BCUT2D eigenvalue weighted by Crippen LogP contribution is -2.17. The number of ether oxygens (including phenoxy) is 1. The van der Waals surface area contributed by atoms with Gasteiger partial charge in [-0.1, -0.05) is 19.1 Å². The van der Waals surface area contributed by atoms with Gasteiger partial charge in [-0.25, -0.2) is 9.67 Å². The molecule has 0 bridgehead atoms. The Labute approximate surface area is 169 Å². The molecule has 1 aromatic carbocycles. The van der Waals surface area contributed by atoms with E-state index in [1.165, 1.54) is 0 Å². The molecule has 0 aliphatic carbocycles. The Morgan fingerprint density at radius 3 is 2.93 bits per heavy atom. The predicted octanol–water partition coefficient (Wildman–Crippen LogP) is 4.33. The van der Waals surface area contributed by atoms with Crippen LogP contribution in [0.15, 0.2) is 67.1 Å². The number of fused-ring (bicyclic) bond motifs is 1. The van der Waals surface area contributed by atoms with E-state index in [1.807, 2.05) is 45.7 Å². The Balaban J connectivity index is 1.44. The van der Waals surface area contributed by atoms with Crippen LogP contribution in [0.2, 0.25) is 0 Å². The van der Waals surface area contributed by atoms with Gasteiger partial charge in [0, 0.05) is 24.0 Å². The number of nitrogens with zero attached hydrogens (tertiary/aromatic N) is 4. The second-order valence-electron chi connectivity index (χ2n) is 6.89. The zero-order valence-corrected chi connectivity index (χ0v) is 16.4. The van der Waals surface area contributed by atoms with Crippen molar-refractivity contribution in [2.45, 2.75) is 32.9 Å². The van der Waals surface area contributed by atoms with E-state index in [0.29, 0.717) is 23.7 Å². The Morgan fingerprint density at radius 1 is 1.21 bits per heavy atom. The first kappa shape index (κ1) is 18.7. The number of anilines is 1. The molecule has 0 spiro atoms. The quantitative estimate of drug-likeness (QED) is 0.510. The van der Waals surface area contributed by atoms with Crippen LogP contribution in [0.5, 0.6) is 5.75 Å². The minimum Gasteiger partial charge on any atom is -0.487 e. The van der Waals surface area contributed by atoms with E-state index in [1.54, 1.807) is 30.5 Å². The molecule has 0 aliphatic rings. The number of hydrogen-bond acceptors (Lipinski definition) is 4. The van der Waals surface area contributed by atoms with Crippen LogP contribution in [0.4, 0.5) is 5.82 Å². The van der Waals surface area contributed by atoms with Crippen molar-refractivity contribution in [3.8, 4) is 5.75 Å². The van der Waals surface area contributed by atoms with Crippen molar-refractivity contribution in [1.82, 2.24) is 19.2 Å². The third-order valence-electron chi connectivity index (χ3n) is 4.82. The normalized spacial score (nSPS) is 12.1. The number of pyridine rings is 1. The maximum Gasteiger partial charge on any atom is 0.256 e. The number of amides is 1. The van der Waals surface area contributed by atoms with Gasteiger partial charge < -0.3 is 14.5 Å². The zero-order chi connectivity index (χ0) is 20.2. The van der Waals surface area contributed by atoms with Gasteiger partial charge in [-0.15, -0.1) is 0 Å². The molecule has 4 aromatic rings. The van der Waals surface area contributed by atoms with Gasteiger partial charge >= 0.3 is 0 Å². The molecule has 7 nitrogen and oxygen atoms in total. The number of hydrogen-bond donors (Lipinski definition) is 1. The van der Waals surface area contributed by atoms with Gasteiger partial charge in [0.25, 0.3) is 5.91 Å². The summed E-state index contributed by atoms with van der Waals surface area (Å²) in [6.45, 7) is 4.48. The monoisotopic (exact) mass is 389 g/mol. The molecule has 29 heavy (non-hydrogen) atoms. The fourth-order valence-corrected chi connectivity index (χ4v) is 3.07. The van der Waals surface area contributed by atoms with Crippen molar-refractivity contribution in [2.24, 2.45) is 0 Å². The summed E-state index contributed by atoms with van der Waals surface area (Å²) in [7, 11) is 0. The summed E-state index contributed by atoms with van der Waals surface area (Å²) in [5, 5.41) is 7.23. The molecule has 1 amide bonds. The summed E-state index contributed by atoms with van der Waals surface area (Å²) in [4.78, 5) is 17.2. The second kappa shape index (κ2) is 8.18. The highest BCUT2D eigenvalue weighted by Gasteiger charge is 2.13. The molecule has 0 aliphatic heterocycles. The second-order valence-corrected chi connectivity index (χ2v) is 6.89. The number of nitrogens with one attached hydrogen (secondary N) is 1. The molecule has 3 aromatic heterocycles. The average Bonchev–Trinajstić information content (AvgIpc) is 3.38. The van der Waals surface area contributed by atoms with Gasteiger partial charge in [0.15, 0.2) is 0 Å². The van der Waals surface area contributed by atoms with E-state index < -0.39 is 0 Å². The lowest BCUT2D eigenvalue weighted by atomic mass is 10.2. The number of aromatic nitrogens is 4. The first-order valence-corrected chi connectivity index (χ1v) is 9.64. The standard InChI is InChI=1S/C22H23N5O2/c1-3-16(2)27-21(10-11-23-27)25-22(28)17-7-6-8-19(13-17)29-15-18-14-26-12-5-4-9-20(26)24-18/h4-14,16H,3,15H2,1-2H3,(H,25,28). The highest BCUT2D eigenvalue weighted by molar-refractivity contribution is 6.04. The minimum absolute atomic E-state index is 0.201. The molecule has 4 rings (SSSR count). The molecule has 0 fully saturated rings. The van der Waals surface area contributed by atoms with Gasteiger partial charge in [0.05, 0.1) is 17.9 Å². The van der Waals surface area contributed by atoms with Gasteiger partial charge in [0.1, 0.15) is 23.8 Å². The topological polar surface area (TPSA) is 73.5 Å². The molecule has 1 N–H and O–H groups in total. The van der Waals surface area contributed by atoms with Crippen molar-refractivity contribution in [3.05, 3.63) is 78.4 Å². The van der Waals surface area contributed by atoms with Crippen LogP contribution in [-0.4, -0.2) is 25.1 Å². The van der Waals surface area contributed by atoms with E-state index in [4.69, 9.17) is 4.74 Å². The Kier molecular flexibility index (Phi) is 5.29. The Morgan fingerprint density at radius 2 is 2.10 bits per heavy atom. The number of carbonyl (C=O) groups is 1. The number of imidazole rings is 1. The van der Waals surface area contributed by atoms with Crippen molar-refractivity contribution in [1.29, 1.82) is 0 Å². The van der Waals surface area contributed by atoms with Crippen LogP contribution in [0.1, 0.15) is 42.4 Å². The molecular formula is C22H23N5O2. The third kappa shape index (κ3) is 4.13. The van der Waals surface area contributed by atoms with Crippen LogP contribution in [0, 0.1) is 0 Å². The van der Waals surface area contributed by atoms with Crippen LogP contribution >= 0.6 is 0 Å². The summed E-state index contributed by atoms with van der Waals surface area (Å²) < 4.78 is 9.62. The molecule has 1 atom stereocenters. The van der Waals surface area contributed by atoms with Gasteiger partial charge in [-0.05, 0) is 43.7 Å². The number of benzene rings is 1. The smallest absolute Gasteiger partial charge is 0.256 e. The Bertz CT molecular complexity index is 1100. The lowest BCUT2D eigenvalue weighted by Gasteiger charge is -2.14. The van der Waals surface area contributed by atoms with E-state index in [9.17, 15) is 4.79 Å². The summed E-state index contributed by atoms with van der Waals surface area (Å²) in [6.07, 6.45) is 6.50. The molecule has 0 saturated carbocycles. The van der Waals surface area contributed by atoms with Crippen LogP contribution in [0.3, 0.4) is 0 Å². The SMILES string of the molecule is CCC(C)n1nccc1NC(=O)c1cccc(OCc2cn3ccccc3n2)c1. The first-order chi connectivity index (χ1) is 14.1. The summed E-state index contributed by atoms with van der Waals surface area (Å²) in [6, 6.07) is 15.0. The highest BCUT2D eigenvalue weighted by Crippen LogP contribution is 2.19. The zero-order valence-electron chi connectivity index (χ0n) is 16.4. The lowest BCUT2D eigenvalue weighted by molar-refractivity contribution is 0.102. The molecule has 0 saturated heterocycles. The molecule has 3 heterocycles. The van der Waals surface area contributed by atoms with Crippen LogP contribution in [-0.2, 0) is 6.61 Å². The Hall–Kier alpha value is -3.61. The van der Waals surface area contributed by atoms with Crippen LogP contribution in [0.25, 0.3) is 5.65 Å². The summed E-state index contributed by atoms with van der Waals surface area (Å²) in [5.74, 6) is 1.10. The van der Waals surface area contributed by atoms with E-state index in [2.05, 4.69) is 29.2 Å². The first-order valence-electron chi connectivity index (χ1n) is 9.64. The average molecular weight is 389 g/mol. The van der Waals surface area contributed by atoms with Gasteiger partial charge in [-0.2, -0.15) is 5.10 Å². The van der Waals surface area contributed by atoms with Crippen molar-refractivity contribution in [3.63, 3.8) is 0 Å². The third-order valence-corrected chi connectivity index (χ3v) is 4.82. The largest absolute Gasteiger partial charge is 0.487 e. The highest BCUT2D eigenvalue weighted by atomic mass is 16.5. The van der Waals surface area contributed by atoms with Gasteiger partial charge in [0.2, 0.25) is 0 Å². The van der Waals surface area contributed by atoms with Crippen molar-refractivity contribution in [2.75, 3.05) is 5.32 Å². The van der Waals surface area contributed by atoms with Crippen LogP contribution < -0.4 is 10.1 Å². The van der Waals surface area contributed by atoms with E-state index in [0.717, 1.165) is 17.8 Å². The number of rotatable bonds is 7. The van der Waals surface area contributed by atoms with E-state index in [-0.39, 0.29) is 11.9 Å². The van der Waals surface area contributed by atoms with Crippen molar-refractivity contribution < 1.29 is 9.53 Å². The number of carbonyl (C=O) groups excluding carboxylic acids is 1. The summed E-state index contributed by atoms with van der Waals surface area (Å²) >= 11 is 0. The molecule has 7 heteroatoms. The van der Waals surface area contributed by atoms with Crippen molar-refractivity contribution >= 4 is 17.4 Å². The molecular weight excluding hydrogens is 366 g/mol. The molecule has 148 valence electrons.